The van der Waals surface area contributed by atoms with E-state index in [2.05, 4.69) is 59.6 Å². The lowest BCUT2D eigenvalue weighted by Crippen LogP contribution is -2.45. The zero-order chi connectivity index (χ0) is 32.3. The number of hydrogen-bond acceptors (Lipinski definition) is 6. The molecule has 0 aliphatic carbocycles. The van der Waals surface area contributed by atoms with E-state index in [0.717, 1.165) is 53.0 Å². The highest BCUT2D eigenvalue weighted by molar-refractivity contribution is 5.76. The number of carboxylic acid groups (broad SMARTS) is 1. The molecule has 5 rings (SSSR count). The van der Waals surface area contributed by atoms with Crippen LogP contribution in [0.4, 0.5) is 0 Å². The Morgan fingerprint density at radius 1 is 0.826 bits per heavy atom. The summed E-state index contributed by atoms with van der Waals surface area (Å²) < 4.78 is 13.4. The van der Waals surface area contributed by atoms with Crippen molar-refractivity contribution in [3.63, 3.8) is 0 Å². The van der Waals surface area contributed by atoms with Gasteiger partial charge >= 0.3 is 5.97 Å². The van der Waals surface area contributed by atoms with Gasteiger partial charge in [0.1, 0.15) is 0 Å². The zero-order valence-corrected chi connectivity index (χ0v) is 26.9. The lowest BCUT2D eigenvalue weighted by atomic mass is 9.89. The number of aliphatic hydroxyl groups is 1. The maximum Gasteiger partial charge on any atom is 0.303 e. The second-order valence-electron chi connectivity index (χ2n) is 12.7. The van der Waals surface area contributed by atoms with Crippen molar-refractivity contribution < 1.29 is 29.3 Å². The summed E-state index contributed by atoms with van der Waals surface area (Å²) in [4.78, 5) is 25.4. The third-order valence-electron chi connectivity index (χ3n) is 9.24. The number of aliphatic hydroxyl groups excluding tert-OH is 1. The van der Waals surface area contributed by atoms with Crippen molar-refractivity contribution in [2.75, 3.05) is 19.6 Å². The van der Waals surface area contributed by atoms with Gasteiger partial charge in [0.25, 0.3) is 0 Å². The Morgan fingerprint density at radius 3 is 2.22 bits per heavy atom. The van der Waals surface area contributed by atoms with Crippen LogP contribution in [0.5, 0.6) is 0 Å². The first kappa shape index (κ1) is 33.8. The summed E-state index contributed by atoms with van der Waals surface area (Å²) >= 11 is 0. The fraction of sp³-hybridized carbons (Fsp3) is 0.474. The van der Waals surface area contributed by atoms with Gasteiger partial charge in [-0.1, -0.05) is 92.9 Å². The highest BCUT2D eigenvalue weighted by Crippen LogP contribution is 2.42. The topological polar surface area (TPSA) is 108 Å². The molecule has 3 aromatic rings. The van der Waals surface area contributed by atoms with Crippen LogP contribution in [0.1, 0.15) is 92.9 Å². The molecule has 4 unspecified atom stereocenters. The van der Waals surface area contributed by atoms with Gasteiger partial charge in [-0.15, -0.1) is 0 Å². The minimum absolute atomic E-state index is 0.00760. The highest BCUT2D eigenvalue weighted by Gasteiger charge is 2.39. The lowest BCUT2D eigenvalue weighted by Gasteiger charge is -2.43. The average molecular weight is 629 g/mol. The van der Waals surface area contributed by atoms with Crippen LogP contribution in [0.3, 0.4) is 0 Å². The van der Waals surface area contributed by atoms with Crippen LogP contribution in [0.25, 0.3) is 11.1 Å². The van der Waals surface area contributed by atoms with Gasteiger partial charge < -0.3 is 29.9 Å². The van der Waals surface area contributed by atoms with E-state index in [1.807, 2.05) is 30.3 Å². The van der Waals surface area contributed by atoms with Gasteiger partial charge in [-0.25, -0.2) is 0 Å². The first-order valence-corrected chi connectivity index (χ1v) is 16.8. The predicted octanol–water partition coefficient (Wildman–Crippen LogP) is 6.77. The minimum atomic E-state index is -0.890. The lowest BCUT2D eigenvalue weighted by molar-refractivity contribution is -0.276. The fourth-order valence-corrected chi connectivity index (χ4v) is 6.46. The van der Waals surface area contributed by atoms with E-state index in [9.17, 15) is 14.7 Å². The third kappa shape index (κ3) is 9.48. The number of aliphatic carboxylic acids is 1. The Kier molecular flexibility index (Phi) is 12.4. The first-order chi connectivity index (χ1) is 22.4. The number of hydrogen-bond donors (Lipinski definition) is 3. The van der Waals surface area contributed by atoms with Crippen molar-refractivity contribution in [3.05, 3.63) is 95.1 Å². The average Bonchev–Trinajstić information content (AvgIpc) is 3.06. The van der Waals surface area contributed by atoms with Crippen LogP contribution in [0.15, 0.2) is 72.8 Å². The molecule has 2 saturated heterocycles. The summed E-state index contributed by atoms with van der Waals surface area (Å²) in [5, 5.41) is 21.2. The highest BCUT2D eigenvalue weighted by atomic mass is 16.7. The Bertz CT molecular complexity index is 1400. The predicted molar refractivity (Wildman–Crippen MR) is 178 cm³/mol. The van der Waals surface area contributed by atoms with Crippen molar-refractivity contribution in [1.29, 1.82) is 0 Å². The molecule has 2 heterocycles. The molecular formula is C38H48N2O6. The molecule has 0 bridgehead atoms. The zero-order valence-electron chi connectivity index (χ0n) is 26.9. The fourth-order valence-electron chi connectivity index (χ4n) is 6.46. The molecule has 2 fully saturated rings. The molecule has 8 nitrogen and oxygen atoms in total. The summed E-state index contributed by atoms with van der Waals surface area (Å²) in [5.74, 6) is -0.884. The van der Waals surface area contributed by atoms with E-state index in [1.54, 1.807) is 0 Å². The van der Waals surface area contributed by atoms with E-state index < -0.39 is 12.3 Å². The molecule has 1 amide bonds. The molecule has 0 aromatic heterocycles. The molecule has 3 N–H and O–H groups in total. The normalized spacial score (nSPS) is 22.5. The van der Waals surface area contributed by atoms with Crippen molar-refractivity contribution >= 4 is 11.9 Å². The van der Waals surface area contributed by atoms with Gasteiger partial charge in [0, 0.05) is 37.4 Å². The molecular weight excluding hydrogens is 580 g/mol. The number of benzene rings is 3. The number of ether oxygens (including phenoxy) is 2. The number of nitrogens with one attached hydrogen (secondary N) is 1. The Morgan fingerprint density at radius 2 is 1.52 bits per heavy atom. The smallest absolute Gasteiger partial charge is 0.303 e. The van der Waals surface area contributed by atoms with Gasteiger partial charge in [-0.2, -0.15) is 0 Å². The molecule has 46 heavy (non-hydrogen) atoms. The van der Waals surface area contributed by atoms with Crippen molar-refractivity contribution in [1.82, 2.24) is 10.2 Å². The van der Waals surface area contributed by atoms with Crippen molar-refractivity contribution in [3.8, 4) is 11.1 Å². The third-order valence-corrected chi connectivity index (χ3v) is 9.24. The Hall–Kier alpha value is -3.56. The molecule has 8 heteroatoms. The molecule has 0 radical (unpaired) electrons. The van der Waals surface area contributed by atoms with Crippen LogP contribution in [-0.2, 0) is 32.2 Å². The van der Waals surface area contributed by atoms with Gasteiger partial charge in [-0.05, 0) is 66.2 Å². The minimum Gasteiger partial charge on any atom is -0.481 e. The number of rotatable bonds is 12. The van der Waals surface area contributed by atoms with E-state index in [4.69, 9.17) is 14.6 Å². The van der Waals surface area contributed by atoms with Crippen LogP contribution in [-0.4, -0.2) is 52.7 Å². The van der Waals surface area contributed by atoms with Crippen molar-refractivity contribution in [2.24, 2.45) is 5.92 Å². The van der Waals surface area contributed by atoms with Gasteiger partial charge in [0.2, 0.25) is 5.91 Å². The molecule has 4 atom stereocenters. The first-order valence-electron chi connectivity index (χ1n) is 16.8. The summed E-state index contributed by atoms with van der Waals surface area (Å²) in [7, 11) is 0. The maximum atomic E-state index is 12.1. The Labute approximate surface area is 272 Å². The van der Waals surface area contributed by atoms with E-state index in [1.165, 1.54) is 32.1 Å². The Balaban J connectivity index is 1.29. The van der Waals surface area contributed by atoms with Gasteiger partial charge in [0.15, 0.2) is 6.29 Å². The van der Waals surface area contributed by atoms with Crippen LogP contribution >= 0.6 is 0 Å². The van der Waals surface area contributed by atoms with Crippen LogP contribution in [0, 0.1) is 5.92 Å². The molecule has 2 aliphatic rings. The number of amides is 1. The van der Waals surface area contributed by atoms with Crippen LogP contribution < -0.4 is 5.32 Å². The number of carbonyl (C=O) groups is 2. The maximum absolute atomic E-state index is 12.1. The molecule has 0 saturated carbocycles. The van der Waals surface area contributed by atoms with E-state index in [0.29, 0.717) is 13.0 Å². The van der Waals surface area contributed by atoms with E-state index >= 15 is 0 Å². The second-order valence-corrected chi connectivity index (χ2v) is 12.7. The standard InChI is InChI=1S/C38H48N2O6/c1-27-34(25-40-21-5-3-2-4-6-22-40)45-38(46-37(27)31-15-13-28(26-41)14-16-31)32-19-17-30(18-20-32)33-10-7-9-29(23-33)24-39-35(42)11-8-12-36(43)44/h7,9-10,13-20,23,27,34,37-38,41H,2-6,8,11-12,21-22,24-26H2,1H3,(H,39,42)(H,43,44). The van der Waals surface area contributed by atoms with E-state index in [-0.39, 0.29) is 43.5 Å². The SMILES string of the molecule is CC1C(CN2CCCCCCC2)OC(c2ccc(-c3cccc(CNC(=O)CCCC(=O)O)c3)cc2)OC1c1ccc(CO)cc1. The number of carboxylic acids is 1. The number of likely N-dealkylation sites (tertiary alicyclic amines) is 1. The van der Waals surface area contributed by atoms with Gasteiger partial charge in [-0.3, -0.25) is 9.59 Å². The van der Waals surface area contributed by atoms with Gasteiger partial charge in [0.05, 0.1) is 18.8 Å². The number of nitrogens with zero attached hydrogens (tertiary/aromatic N) is 1. The summed E-state index contributed by atoms with van der Waals surface area (Å²) in [6.45, 7) is 5.73. The second kappa shape index (κ2) is 16.8. The molecule has 0 spiro atoms. The monoisotopic (exact) mass is 628 g/mol. The molecule has 3 aromatic carbocycles. The number of carbonyl (C=O) groups excluding carboxylic acids is 1. The van der Waals surface area contributed by atoms with Crippen LogP contribution in [0.2, 0.25) is 0 Å². The largest absolute Gasteiger partial charge is 0.481 e. The quantitative estimate of drug-likeness (QED) is 0.203. The molecule has 2 aliphatic heterocycles. The summed E-state index contributed by atoms with van der Waals surface area (Å²) in [6.07, 6.45) is 6.27. The van der Waals surface area contributed by atoms with Crippen molar-refractivity contribution in [2.45, 2.75) is 89.9 Å². The summed E-state index contributed by atoms with van der Waals surface area (Å²) in [5.41, 5.74) is 6.02. The summed E-state index contributed by atoms with van der Waals surface area (Å²) in [6, 6.07) is 24.5. The molecule has 246 valence electrons.